The Bertz CT molecular complexity index is 325. The first kappa shape index (κ1) is 12.4. The lowest BCUT2D eigenvalue weighted by Gasteiger charge is -2.25. The number of aliphatic carboxylic acids is 1. The number of carboxylic acid groups (broad SMARTS) is 1. The molecule has 0 aromatic rings. The Morgan fingerprint density at radius 1 is 1.53 bits per heavy atom. The fourth-order valence-electron chi connectivity index (χ4n) is 1.92. The maximum atomic E-state index is 11.3. The van der Waals surface area contributed by atoms with Crippen LogP contribution in [0.25, 0.3) is 0 Å². The Hall–Kier alpha value is -0.620. The summed E-state index contributed by atoms with van der Waals surface area (Å²) in [5.74, 6) is -0.592. The molecule has 0 aromatic carbocycles. The number of carbonyl (C=O) groups is 1. The molecule has 0 radical (unpaired) electrons. The second-order valence-corrected chi connectivity index (χ2v) is 6.15. The highest BCUT2D eigenvalue weighted by Gasteiger charge is 2.32. The van der Waals surface area contributed by atoms with E-state index in [0.717, 1.165) is 6.42 Å². The zero-order valence-corrected chi connectivity index (χ0v) is 9.66. The highest BCUT2D eigenvalue weighted by Crippen LogP contribution is 2.17. The van der Waals surface area contributed by atoms with Crippen LogP contribution in [0.15, 0.2) is 0 Å². The molecule has 1 saturated heterocycles. The lowest BCUT2D eigenvalue weighted by atomic mass is 10.2. The van der Waals surface area contributed by atoms with Crippen LogP contribution in [0.2, 0.25) is 0 Å². The molecule has 1 fully saturated rings. The minimum atomic E-state index is -2.93. The number of carboxylic acids is 1. The molecule has 0 amide bonds. The highest BCUT2D eigenvalue weighted by atomic mass is 32.2. The molecular weight excluding hydrogens is 218 g/mol. The molecule has 0 aromatic heterocycles. The van der Waals surface area contributed by atoms with E-state index < -0.39 is 15.8 Å². The van der Waals surface area contributed by atoms with E-state index in [0.29, 0.717) is 13.0 Å². The van der Waals surface area contributed by atoms with E-state index in [1.165, 1.54) is 0 Å². The lowest BCUT2D eigenvalue weighted by Crippen LogP contribution is -2.40. The van der Waals surface area contributed by atoms with Crippen molar-refractivity contribution in [2.75, 3.05) is 24.6 Å². The molecule has 15 heavy (non-hydrogen) atoms. The Morgan fingerprint density at radius 2 is 2.20 bits per heavy atom. The number of sulfone groups is 1. The van der Waals surface area contributed by atoms with Gasteiger partial charge in [-0.1, -0.05) is 6.92 Å². The van der Waals surface area contributed by atoms with E-state index in [2.05, 4.69) is 0 Å². The van der Waals surface area contributed by atoms with E-state index in [-0.39, 0.29) is 24.1 Å². The highest BCUT2D eigenvalue weighted by molar-refractivity contribution is 7.91. The van der Waals surface area contributed by atoms with Gasteiger partial charge in [0.1, 0.15) is 0 Å². The average Bonchev–Trinajstić information content (AvgIpc) is 2.44. The number of rotatable bonds is 5. The summed E-state index contributed by atoms with van der Waals surface area (Å²) >= 11 is 0. The normalized spacial score (nSPS) is 24.5. The Balaban J connectivity index is 2.61. The zero-order chi connectivity index (χ0) is 11.5. The van der Waals surface area contributed by atoms with Gasteiger partial charge in [0.05, 0.1) is 18.1 Å². The summed E-state index contributed by atoms with van der Waals surface area (Å²) in [4.78, 5) is 12.4. The topological polar surface area (TPSA) is 74.7 Å². The molecule has 0 bridgehead atoms. The molecule has 1 heterocycles. The van der Waals surface area contributed by atoms with Crippen molar-refractivity contribution >= 4 is 15.8 Å². The minimum absolute atomic E-state index is 0.0615. The smallest absolute Gasteiger partial charge is 0.317 e. The van der Waals surface area contributed by atoms with Gasteiger partial charge in [0.2, 0.25) is 0 Å². The van der Waals surface area contributed by atoms with Gasteiger partial charge >= 0.3 is 5.97 Å². The standard InChI is InChI=1S/C9H17NO4S/c1-2-4-10(6-9(11)12)8-3-5-15(13,14)7-8/h8H,2-7H2,1H3,(H,11,12). The van der Waals surface area contributed by atoms with Crippen molar-refractivity contribution in [3.8, 4) is 0 Å². The van der Waals surface area contributed by atoms with E-state index in [9.17, 15) is 13.2 Å². The molecule has 1 unspecified atom stereocenters. The first-order chi connectivity index (χ1) is 6.94. The third-order valence-corrected chi connectivity index (χ3v) is 4.32. The Kier molecular flexibility index (Phi) is 4.10. The monoisotopic (exact) mass is 235 g/mol. The van der Waals surface area contributed by atoms with Gasteiger partial charge in [0.25, 0.3) is 0 Å². The second kappa shape index (κ2) is 4.94. The summed E-state index contributed by atoms with van der Waals surface area (Å²) in [6, 6.07) is -0.106. The van der Waals surface area contributed by atoms with Crippen LogP contribution in [0.5, 0.6) is 0 Å². The van der Waals surface area contributed by atoms with Crippen LogP contribution in [0, 0.1) is 0 Å². The number of nitrogens with zero attached hydrogens (tertiary/aromatic N) is 1. The molecule has 6 heteroatoms. The summed E-state index contributed by atoms with van der Waals surface area (Å²) in [7, 11) is -2.93. The van der Waals surface area contributed by atoms with Crippen LogP contribution in [0.1, 0.15) is 19.8 Å². The molecule has 0 spiro atoms. The molecular formula is C9H17NO4S. The number of hydrogen-bond donors (Lipinski definition) is 1. The summed E-state index contributed by atoms with van der Waals surface area (Å²) in [5.41, 5.74) is 0. The Morgan fingerprint density at radius 3 is 2.60 bits per heavy atom. The maximum absolute atomic E-state index is 11.3. The lowest BCUT2D eigenvalue weighted by molar-refractivity contribution is -0.138. The van der Waals surface area contributed by atoms with Gasteiger partial charge in [-0.3, -0.25) is 9.69 Å². The first-order valence-electron chi connectivity index (χ1n) is 5.11. The van der Waals surface area contributed by atoms with Gasteiger partial charge < -0.3 is 5.11 Å². The van der Waals surface area contributed by atoms with Crippen molar-refractivity contribution in [1.82, 2.24) is 4.90 Å². The van der Waals surface area contributed by atoms with Crippen LogP contribution in [-0.4, -0.2) is 55.0 Å². The van der Waals surface area contributed by atoms with Crippen molar-refractivity contribution in [2.45, 2.75) is 25.8 Å². The molecule has 0 saturated carbocycles. The van der Waals surface area contributed by atoms with Crippen LogP contribution in [0.3, 0.4) is 0 Å². The maximum Gasteiger partial charge on any atom is 0.317 e. The quantitative estimate of drug-likeness (QED) is 0.724. The van der Waals surface area contributed by atoms with Gasteiger partial charge in [-0.15, -0.1) is 0 Å². The summed E-state index contributed by atoms with van der Waals surface area (Å²) in [5, 5.41) is 8.71. The zero-order valence-electron chi connectivity index (χ0n) is 8.85. The third kappa shape index (κ3) is 3.79. The van der Waals surface area contributed by atoms with Crippen molar-refractivity contribution in [2.24, 2.45) is 0 Å². The van der Waals surface area contributed by atoms with E-state index in [1.54, 1.807) is 4.90 Å². The molecule has 1 aliphatic rings. The van der Waals surface area contributed by atoms with Gasteiger partial charge in [0, 0.05) is 6.04 Å². The molecule has 1 aliphatic heterocycles. The van der Waals surface area contributed by atoms with Crippen LogP contribution in [0.4, 0.5) is 0 Å². The van der Waals surface area contributed by atoms with Crippen molar-refractivity contribution in [1.29, 1.82) is 0 Å². The van der Waals surface area contributed by atoms with Crippen LogP contribution < -0.4 is 0 Å². The third-order valence-electron chi connectivity index (χ3n) is 2.57. The predicted octanol–water partition coefficient (Wildman–Crippen LogP) is -0.0299. The fraction of sp³-hybridized carbons (Fsp3) is 0.889. The average molecular weight is 235 g/mol. The molecule has 5 nitrogen and oxygen atoms in total. The summed E-state index contributed by atoms with van der Waals surface area (Å²) in [6.45, 7) is 2.54. The van der Waals surface area contributed by atoms with Crippen LogP contribution in [-0.2, 0) is 14.6 Å². The SMILES string of the molecule is CCCN(CC(=O)O)C1CCS(=O)(=O)C1. The molecule has 1 N–H and O–H groups in total. The summed E-state index contributed by atoms with van der Waals surface area (Å²) in [6.07, 6.45) is 1.40. The molecule has 88 valence electrons. The van der Waals surface area contributed by atoms with Crippen LogP contribution >= 0.6 is 0 Å². The number of hydrogen-bond acceptors (Lipinski definition) is 4. The second-order valence-electron chi connectivity index (χ2n) is 3.92. The largest absolute Gasteiger partial charge is 0.480 e. The van der Waals surface area contributed by atoms with E-state index in [4.69, 9.17) is 5.11 Å². The van der Waals surface area contributed by atoms with Crippen molar-refractivity contribution in [3.05, 3.63) is 0 Å². The van der Waals surface area contributed by atoms with E-state index >= 15 is 0 Å². The van der Waals surface area contributed by atoms with Gasteiger partial charge in [-0.25, -0.2) is 8.42 Å². The van der Waals surface area contributed by atoms with E-state index in [1.807, 2.05) is 6.92 Å². The molecule has 1 rings (SSSR count). The van der Waals surface area contributed by atoms with Gasteiger partial charge in [-0.05, 0) is 19.4 Å². The molecule has 0 aliphatic carbocycles. The minimum Gasteiger partial charge on any atom is -0.480 e. The van der Waals surface area contributed by atoms with Crippen molar-refractivity contribution < 1.29 is 18.3 Å². The fourth-order valence-corrected chi connectivity index (χ4v) is 3.68. The Labute approximate surface area is 90.0 Å². The van der Waals surface area contributed by atoms with Gasteiger partial charge in [0.15, 0.2) is 9.84 Å². The summed E-state index contributed by atoms with van der Waals surface area (Å²) < 4.78 is 22.5. The van der Waals surface area contributed by atoms with Crippen molar-refractivity contribution in [3.63, 3.8) is 0 Å². The predicted molar refractivity (Wildman–Crippen MR) is 56.6 cm³/mol. The first-order valence-corrected chi connectivity index (χ1v) is 6.93. The van der Waals surface area contributed by atoms with Gasteiger partial charge in [-0.2, -0.15) is 0 Å². The molecule has 1 atom stereocenters.